The molecule has 1 amide bonds. The van der Waals surface area contributed by atoms with Crippen LogP contribution in [0.25, 0.3) is 0 Å². The minimum atomic E-state index is -0.0902. The van der Waals surface area contributed by atoms with Crippen molar-refractivity contribution in [3.63, 3.8) is 0 Å². The van der Waals surface area contributed by atoms with Crippen molar-refractivity contribution in [1.82, 2.24) is 5.32 Å². The molecule has 1 unspecified atom stereocenters. The van der Waals surface area contributed by atoms with Crippen LogP contribution in [0.1, 0.15) is 32.3 Å². The molecule has 0 aliphatic rings. The number of carbonyl (C=O) groups excluding carboxylic acids is 1. The number of hydrogen-bond donors (Lipinski definition) is 2. The molecule has 0 spiro atoms. The summed E-state index contributed by atoms with van der Waals surface area (Å²) >= 11 is 3.42. The van der Waals surface area contributed by atoms with Gasteiger partial charge in [-0.2, -0.15) is 0 Å². The Kier molecular flexibility index (Phi) is 7.62. The topological polar surface area (TPSA) is 64.3 Å². The van der Waals surface area contributed by atoms with Gasteiger partial charge in [-0.1, -0.05) is 29.3 Å². The standard InChI is InChI=1S/C15H23BrN2O2/c1-3-4-11(2)18-15(19)10-20-14-6-5-13(16)9-12(14)7-8-17/h5-6,9,11H,3-4,7-8,10,17H2,1-2H3,(H,18,19). The SMILES string of the molecule is CCCC(C)NC(=O)COc1ccc(Br)cc1CCN. The van der Waals surface area contributed by atoms with E-state index in [9.17, 15) is 4.79 Å². The van der Waals surface area contributed by atoms with E-state index in [0.717, 1.165) is 35.0 Å². The van der Waals surface area contributed by atoms with Crippen LogP contribution in [0.4, 0.5) is 0 Å². The predicted octanol–water partition coefficient (Wildman–Crippen LogP) is 2.63. The Hall–Kier alpha value is -1.07. The number of carbonyl (C=O) groups is 1. The average molecular weight is 343 g/mol. The number of nitrogens with two attached hydrogens (primary N) is 1. The van der Waals surface area contributed by atoms with E-state index in [0.29, 0.717) is 6.54 Å². The van der Waals surface area contributed by atoms with Gasteiger partial charge in [0.25, 0.3) is 5.91 Å². The summed E-state index contributed by atoms with van der Waals surface area (Å²) in [7, 11) is 0. The molecular weight excluding hydrogens is 320 g/mol. The van der Waals surface area contributed by atoms with E-state index in [1.807, 2.05) is 25.1 Å². The number of benzene rings is 1. The lowest BCUT2D eigenvalue weighted by atomic mass is 10.1. The van der Waals surface area contributed by atoms with Crippen molar-refractivity contribution in [3.05, 3.63) is 28.2 Å². The molecule has 1 atom stereocenters. The molecule has 0 aliphatic carbocycles. The highest BCUT2D eigenvalue weighted by molar-refractivity contribution is 9.10. The van der Waals surface area contributed by atoms with Gasteiger partial charge in [-0.15, -0.1) is 0 Å². The first-order valence-electron chi connectivity index (χ1n) is 6.97. The Labute approximate surface area is 129 Å². The number of rotatable bonds is 8. The summed E-state index contributed by atoms with van der Waals surface area (Å²) in [6.07, 6.45) is 2.75. The van der Waals surface area contributed by atoms with Crippen LogP contribution in [-0.2, 0) is 11.2 Å². The third-order valence-electron chi connectivity index (χ3n) is 2.92. The van der Waals surface area contributed by atoms with Crippen molar-refractivity contribution >= 4 is 21.8 Å². The Morgan fingerprint density at radius 1 is 1.50 bits per heavy atom. The molecule has 4 nitrogen and oxygen atoms in total. The number of nitrogens with one attached hydrogen (secondary N) is 1. The van der Waals surface area contributed by atoms with E-state index >= 15 is 0 Å². The maximum Gasteiger partial charge on any atom is 0.258 e. The number of amides is 1. The van der Waals surface area contributed by atoms with Crippen LogP contribution in [-0.4, -0.2) is 25.1 Å². The molecule has 1 aromatic rings. The maximum atomic E-state index is 11.8. The van der Waals surface area contributed by atoms with Crippen molar-refractivity contribution in [2.45, 2.75) is 39.2 Å². The van der Waals surface area contributed by atoms with E-state index in [1.54, 1.807) is 0 Å². The highest BCUT2D eigenvalue weighted by Gasteiger charge is 2.09. The third-order valence-corrected chi connectivity index (χ3v) is 3.42. The first kappa shape index (κ1) is 17.0. The molecule has 0 saturated carbocycles. The molecule has 0 aliphatic heterocycles. The summed E-state index contributed by atoms with van der Waals surface area (Å²) < 4.78 is 6.58. The average Bonchev–Trinajstić information content (AvgIpc) is 2.38. The van der Waals surface area contributed by atoms with Gasteiger partial charge in [0.05, 0.1) is 0 Å². The van der Waals surface area contributed by atoms with Crippen LogP contribution in [0.3, 0.4) is 0 Å². The highest BCUT2D eigenvalue weighted by atomic mass is 79.9. The lowest BCUT2D eigenvalue weighted by Gasteiger charge is -2.15. The van der Waals surface area contributed by atoms with E-state index in [4.69, 9.17) is 10.5 Å². The molecule has 0 heterocycles. The van der Waals surface area contributed by atoms with Gasteiger partial charge in [-0.3, -0.25) is 4.79 Å². The minimum absolute atomic E-state index is 0.0350. The Balaban J connectivity index is 2.54. The smallest absolute Gasteiger partial charge is 0.258 e. The van der Waals surface area contributed by atoms with Gasteiger partial charge in [0.1, 0.15) is 5.75 Å². The van der Waals surface area contributed by atoms with Crippen molar-refractivity contribution < 1.29 is 9.53 Å². The Bertz CT molecular complexity index is 438. The van der Waals surface area contributed by atoms with Gasteiger partial charge in [0.2, 0.25) is 0 Å². The van der Waals surface area contributed by atoms with Crippen molar-refractivity contribution in [2.24, 2.45) is 5.73 Å². The van der Waals surface area contributed by atoms with E-state index in [1.165, 1.54) is 0 Å². The first-order valence-corrected chi connectivity index (χ1v) is 7.76. The molecule has 0 radical (unpaired) electrons. The lowest BCUT2D eigenvalue weighted by Crippen LogP contribution is -2.36. The molecule has 1 rings (SSSR count). The van der Waals surface area contributed by atoms with E-state index in [2.05, 4.69) is 28.2 Å². The van der Waals surface area contributed by atoms with Crippen LogP contribution in [0.2, 0.25) is 0 Å². The summed E-state index contributed by atoms with van der Waals surface area (Å²) in [6, 6.07) is 5.91. The number of halogens is 1. The van der Waals surface area contributed by atoms with Crippen LogP contribution >= 0.6 is 15.9 Å². The number of ether oxygens (including phenoxy) is 1. The van der Waals surface area contributed by atoms with E-state index < -0.39 is 0 Å². The molecular formula is C15H23BrN2O2. The molecule has 20 heavy (non-hydrogen) atoms. The van der Waals surface area contributed by atoms with Crippen LogP contribution in [0.15, 0.2) is 22.7 Å². The predicted molar refractivity (Wildman–Crippen MR) is 84.9 cm³/mol. The molecule has 5 heteroatoms. The quantitative estimate of drug-likeness (QED) is 0.763. The van der Waals surface area contributed by atoms with E-state index in [-0.39, 0.29) is 18.6 Å². The fourth-order valence-electron chi connectivity index (χ4n) is 2.00. The number of hydrogen-bond acceptors (Lipinski definition) is 3. The minimum Gasteiger partial charge on any atom is -0.483 e. The zero-order valence-electron chi connectivity index (χ0n) is 12.1. The van der Waals surface area contributed by atoms with Crippen molar-refractivity contribution in [1.29, 1.82) is 0 Å². The van der Waals surface area contributed by atoms with Gasteiger partial charge in [0, 0.05) is 10.5 Å². The van der Waals surface area contributed by atoms with Gasteiger partial charge < -0.3 is 15.8 Å². The second-order valence-corrected chi connectivity index (χ2v) is 5.75. The summed E-state index contributed by atoms with van der Waals surface area (Å²) in [5, 5.41) is 2.92. The van der Waals surface area contributed by atoms with Gasteiger partial charge in [0.15, 0.2) is 6.61 Å². The normalized spacial score (nSPS) is 12.0. The fourth-order valence-corrected chi connectivity index (χ4v) is 2.41. The zero-order chi connectivity index (χ0) is 15.0. The van der Waals surface area contributed by atoms with Crippen molar-refractivity contribution in [3.8, 4) is 5.75 Å². The molecule has 0 bridgehead atoms. The summed E-state index contributed by atoms with van der Waals surface area (Å²) in [6.45, 7) is 4.68. The third kappa shape index (κ3) is 5.92. The molecule has 0 saturated heterocycles. The van der Waals surface area contributed by atoms with Gasteiger partial charge >= 0.3 is 0 Å². The van der Waals surface area contributed by atoms with Gasteiger partial charge in [-0.05, 0) is 50.1 Å². The Morgan fingerprint density at radius 2 is 2.25 bits per heavy atom. The second kappa shape index (κ2) is 8.97. The van der Waals surface area contributed by atoms with Crippen LogP contribution in [0, 0.1) is 0 Å². The van der Waals surface area contributed by atoms with Gasteiger partial charge in [-0.25, -0.2) is 0 Å². The second-order valence-electron chi connectivity index (χ2n) is 4.84. The summed E-state index contributed by atoms with van der Waals surface area (Å²) in [5.41, 5.74) is 6.59. The molecule has 112 valence electrons. The molecule has 0 fully saturated rings. The molecule has 3 N–H and O–H groups in total. The van der Waals surface area contributed by atoms with Crippen LogP contribution in [0.5, 0.6) is 5.75 Å². The summed E-state index contributed by atoms with van der Waals surface area (Å²) in [4.78, 5) is 11.8. The monoisotopic (exact) mass is 342 g/mol. The molecule has 1 aromatic carbocycles. The van der Waals surface area contributed by atoms with Crippen molar-refractivity contribution in [2.75, 3.05) is 13.2 Å². The molecule has 0 aromatic heterocycles. The van der Waals surface area contributed by atoms with Crippen LogP contribution < -0.4 is 15.8 Å². The highest BCUT2D eigenvalue weighted by Crippen LogP contribution is 2.23. The summed E-state index contributed by atoms with van der Waals surface area (Å²) in [5.74, 6) is 0.629. The first-order chi connectivity index (χ1) is 9.56. The largest absolute Gasteiger partial charge is 0.483 e. The fraction of sp³-hybridized carbons (Fsp3) is 0.533. The Morgan fingerprint density at radius 3 is 2.90 bits per heavy atom. The maximum absolute atomic E-state index is 11.8. The zero-order valence-corrected chi connectivity index (χ0v) is 13.7. The lowest BCUT2D eigenvalue weighted by molar-refractivity contribution is -0.123.